The maximum Gasteiger partial charge on any atom is 0.0392 e. The third-order valence-corrected chi connectivity index (χ3v) is 6.43. The lowest BCUT2D eigenvalue weighted by Gasteiger charge is -2.55. The minimum atomic E-state index is 0.813. The van der Waals surface area contributed by atoms with Gasteiger partial charge in [-0.05, 0) is 88.3 Å². The van der Waals surface area contributed by atoms with E-state index in [0.29, 0.717) is 0 Å². The predicted molar refractivity (Wildman–Crippen MR) is 82.8 cm³/mol. The van der Waals surface area contributed by atoms with Crippen LogP contribution in [0.3, 0.4) is 0 Å². The highest BCUT2D eigenvalue weighted by molar-refractivity contribution is 5.28. The van der Waals surface area contributed by atoms with Gasteiger partial charge in [-0.1, -0.05) is 0 Å². The van der Waals surface area contributed by atoms with E-state index < -0.39 is 0 Å². The molecule has 4 bridgehead atoms. The Morgan fingerprint density at radius 1 is 1.05 bits per heavy atom. The first-order valence-electron chi connectivity index (χ1n) is 8.49. The van der Waals surface area contributed by atoms with Gasteiger partial charge in [0, 0.05) is 24.0 Å². The first kappa shape index (κ1) is 12.9. The molecule has 0 radical (unpaired) electrons. The first-order chi connectivity index (χ1) is 9.67. The van der Waals surface area contributed by atoms with Crippen LogP contribution in [0.15, 0.2) is 6.07 Å². The molecule has 1 aromatic heterocycles. The maximum atomic E-state index is 3.32. The summed E-state index contributed by atoms with van der Waals surface area (Å²) in [5.74, 6) is 4.08. The van der Waals surface area contributed by atoms with E-state index in [1.807, 2.05) is 0 Å². The largest absolute Gasteiger partial charge is 0.345 e. The Hall–Kier alpha value is -0.760. The number of hydrogen-bond acceptors (Lipinski definition) is 1. The molecule has 5 rings (SSSR count). The molecule has 0 aromatic carbocycles. The van der Waals surface area contributed by atoms with Gasteiger partial charge in [0.1, 0.15) is 0 Å². The smallest absolute Gasteiger partial charge is 0.0392 e. The Labute approximate surface area is 122 Å². The van der Waals surface area contributed by atoms with Crippen molar-refractivity contribution in [2.45, 2.75) is 58.5 Å². The fourth-order valence-electron chi connectivity index (χ4n) is 5.99. The van der Waals surface area contributed by atoms with Gasteiger partial charge in [0.05, 0.1) is 0 Å². The molecule has 4 saturated carbocycles. The SMILES string of the molecule is CNCc1cc(C)n(C2C3CC4CC(C3)CC2C4)c1C. The van der Waals surface area contributed by atoms with Crippen molar-refractivity contribution in [3.8, 4) is 0 Å². The molecule has 1 heterocycles. The van der Waals surface area contributed by atoms with Crippen molar-refractivity contribution in [1.29, 1.82) is 0 Å². The lowest BCUT2D eigenvalue weighted by molar-refractivity contribution is -0.0303. The highest BCUT2D eigenvalue weighted by Gasteiger charge is 2.49. The molecule has 4 fully saturated rings. The van der Waals surface area contributed by atoms with Gasteiger partial charge in [0.15, 0.2) is 0 Å². The Balaban J connectivity index is 1.71. The maximum absolute atomic E-state index is 3.32. The Morgan fingerprint density at radius 2 is 1.65 bits per heavy atom. The standard InChI is InChI=1S/C18H28N2/c1-11-4-17(10-19-3)12(2)20(11)18-15-6-13-5-14(8-15)9-16(18)7-13/h4,13-16,18-19H,5-10H2,1-3H3. The third-order valence-electron chi connectivity index (χ3n) is 6.43. The molecule has 0 spiro atoms. The molecule has 110 valence electrons. The topological polar surface area (TPSA) is 17.0 Å². The summed E-state index contributed by atoms with van der Waals surface area (Å²) in [6.45, 7) is 5.66. The molecule has 0 unspecified atom stereocenters. The molecule has 1 N–H and O–H groups in total. The summed E-state index contributed by atoms with van der Waals surface area (Å²) in [7, 11) is 2.05. The zero-order chi connectivity index (χ0) is 13.9. The second-order valence-electron chi connectivity index (χ2n) is 7.72. The Bertz CT molecular complexity index is 486. The van der Waals surface area contributed by atoms with Gasteiger partial charge < -0.3 is 9.88 Å². The van der Waals surface area contributed by atoms with Crippen LogP contribution >= 0.6 is 0 Å². The van der Waals surface area contributed by atoms with Crippen molar-refractivity contribution in [1.82, 2.24) is 9.88 Å². The van der Waals surface area contributed by atoms with E-state index >= 15 is 0 Å². The van der Waals surface area contributed by atoms with Crippen molar-refractivity contribution >= 4 is 0 Å². The van der Waals surface area contributed by atoms with Crippen LogP contribution in [-0.2, 0) is 6.54 Å². The highest BCUT2D eigenvalue weighted by atomic mass is 15.1. The summed E-state index contributed by atoms with van der Waals surface area (Å²) in [6.07, 6.45) is 7.59. The van der Waals surface area contributed by atoms with E-state index in [2.05, 4.69) is 36.8 Å². The van der Waals surface area contributed by atoms with Crippen LogP contribution in [-0.4, -0.2) is 11.6 Å². The summed E-state index contributed by atoms with van der Waals surface area (Å²) < 4.78 is 2.72. The molecule has 4 aliphatic rings. The molecule has 4 aliphatic carbocycles. The highest BCUT2D eigenvalue weighted by Crippen LogP contribution is 2.58. The average molecular weight is 272 g/mol. The quantitative estimate of drug-likeness (QED) is 0.885. The summed E-state index contributed by atoms with van der Waals surface area (Å²) in [6, 6.07) is 3.23. The van der Waals surface area contributed by atoms with Gasteiger partial charge in [0.25, 0.3) is 0 Å². The van der Waals surface area contributed by atoms with Gasteiger partial charge in [-0.25, -0.2) is 0 Å². The average Bonchev–Trinajstić information content (AvgIpc) is 2.66. The predicted octanol–water partition coefficient (Wildman–Crippen LogP) is 3.82. The summed E-state index contributed by atoms with van der Waals surface area (Å²) >= 11 is 0. The monoisotopic (exact) mass is 272 g/mol. The number of aromatic nitrogens is 1. The fraction of sp³-hybridized carbons (Fsp3) is 0.778. The summed E-state index contributed by atoms with van der Waals surface area (Å²) in [5, 5.41) is 3.32. The molecule has 20 heavy (non-hydrogen) atoms. The van der Waals surface area contributed by atoms with Gasteiger partial charge >= 0.3 is 0 Å². The van der Waals surface area contributed by atoms with Gasteiger partial charge in [0.2, 0.25) is 0 Å². The van der Waals surface area contributed by atoms with Gasteiger partial charge in [-0.15, -0.1) is 0 Å². The van der Waals surface area contributed by atoms with Crippen LogP contribution < -0.4 is 5.32 Å². The lowest BCUT2D eigenvalue weighted by Crippen LogP contribution is -2.46. The van der Waals surface area contributed by atoms with Crippen LogP contribution in [0.1, 0.15) is 55.1 Å². The van der Waals surface area contributed by atoms with Crippen LogP contribution in [0.4, 0.5) is 0 Å². The Kier molecular flexibility index (Phi) is 2.99. The second kappa shape index (κ2) is 4.62. The number of nitrogens with zero attached hydrogens (tertiary/aromatic N) is 1. The van der Waals surface area contributed by atoms with E-state index in [-0.39, 0.29) is 0 Å². The van der Waals surface area contributed by atoms with E-state index in [0.717, 1.165) is 36.3 Å². The third kappa shape index (κ3) is 1.80. The molecule has 0 atom stereocenters. The number of hydrogen-bond donors (Lipinski definition) is 1. The zero-order valence-electron chi connectivity index (χ0n) is 13.2. The summed E-state index contributed by atoms with van der Waals surface area (Å²) in [4.78, 5) is 0. The normalized spacial score (nSPS) is 38.6. The number of rotatable bonds is 3. The molecule has 0 amide bonds. The van der Waals surface area contributed by atoms with E-state index in [9.17, 15) is 0 Å². The van der Waals surface area contributed by atoms with E-state index in [4.69, 9.17) is 0 Å². The molecular formula is C18H28N2. The van der Waals surface area contributed by atoms with Crippen molar-refractivity contribution in [3.05, 3.63) is 23.0 Å². The number of aryl methyl sites for hydroxylation is 1. The van der Waals surface area contributed by atoms with Crippen LogP contribution in [0, 0.1) is 37.5 Å². The second-order valence-corrected chi connectivity index (χ2v) is 7.72. The molecule has 1 aromatic rings. The molecule has 2 heteroatoms. The van der Waals surface area contributed by atoms with E-state index in [1.165, 1.54) is 42.6 Å². The van der Waals surface area contributed by atoms with Crippen LogP contribution in [0.2, 0.25) is 0 Å². The van der Waals surface area contributed by atoms with Crippen LogP contribution in [0.25, 0.3) is 0 Å². The summed E-state index contributed by atoms with van der Waals surface area (Å²) in [5.41, 5.74) is 4.51. The first-order valence-corrected chi connectivity index (χ1v) is 8.49. The van der Waals surface area contributed by atoms with Gasteiger partial charge in [-0.2, -0.15) is 0 Å². The number of nitrogens with one attached hydrogen (secondary N) is 1. The fourth-order valence-corrected chi connectivity index (χ4v) is 5.99. The molecule has 0 saturated heterocycles. The van der Waals surface area contributed by atoms with Crippen LogP contribution in [0.5, 0.6) is 0 Å². The van der Waals surface area contributed by atoms with Crippen molar-refractivity contribution in [2.75, 3.05) is 7.05 Å². The Morgan fingerprint density at radius 3 is 2.20 bits per heavy atom. The van der Waals surface area contributed by atoms with Crippen molar-refractivity contribution in [3.63, 3.8) is 0 Å². The lowest BCUT2D eigenvalue weighted by atomic mass is 9.54. The molecule has 2 nitrogen and oxygen atoms in total. The van der Waals surface area contributed by atoms with Crippen molar-refractivity contribution < 1.29 is 0 Å². The van der Waals surface area contributed by atoms with E-state index in [1.54, 1.807) is 6.42 Å². The van der Waals surface area contributed by atoms with Crippen molar-refractivity contribution in [2.24, 2.45) is 23.7 Å². The minimum absolute atomic E-state index is 0.813. The minimum Gasteiger partial charge on any atom is -0.345 e. The van der Waals surface area contributed by atoms with Gasteiger partial charge in [-0.3, -0.25) is 0 Å². The molecule has 0 aliphatic heterocycles. The molecular weight excluding hydrogens is 244 g/mol. The zero-order valence-corrected chi connectivity index (χ0v) is 13.2.